The van der Waals surface area contributed by atoms with Crippen molar-refractivity contribution in [3.8, 4) is 11.5 Å². The van der Waals surface area contributed by atoms with Crippen molar-refractivity contribution in [2.45, 2.75) is 66.9 Å². The number of anilines is 1. The predicted molar refractivity (Wildman–Crippen MR) is 135 cm³/mol. The average Bonchev–Trinajstić information content (AvgIpc) is 2.74. The molecule has 0 bridgehead atoms. The van der Waals surface area contributed by atoms with Crippen molar-refractivity contribution in [3.05, 3.63) is 51.7 Å². The van der Waals surface area contributed by atoms with Crippen LogP contribution < -0.4 is 14.8 Å². The Morgan fingerprint density at radius 2 is 1.85 bits per heavy atom. The Morgan fingerprint density at radius 1 is 1.12 bits per heavy atom. The largest absolute Gasteiger partial charge is 0.480 e. The SMILES string of the molecule is CC(=O)Oc1c(C)c(C)c2c(c1C)CCC(C)(C(=S)Nc1ccc3c(C)cc(C)nc3n1)O2. The minimum Gasteiger partial charge on any atom is -0.480 e. The smallest absolute Gasteiger partial charge is 0.308 e. The molecule has 0 radical (unpaired) electrons. The third kappa shape index (κ3) is 4.17. The number of nitrogens with zero attached hydrogens (tertiary/aromatic N) is 2. The van der Waals surface area contributed by atoms with Gasteiger partial charge in [-0.2, -0.15) is 0 Å². The van der Waals surface area contributed by atoms with E-state index in [1.165, 1.54) is 6.92 Å². The first-order valence-electron chi connectivity index (χ1n) is 11.1. The van der Waals surface area contributed by atoms with Crippen molar-refractivity contribution in [3.63, 3.8) is 0 Å². The van der Waals surface area contributed by atoms with Crippen molar-refractivity contribution in [2.75, 3.05) is 5.32 Å². The maximum atomic E-state index is 11.6. The van der Waals surface area contributed by atoms with E-state index in [0.29, 0.717) is 28.6 Å². The average molecular weight is 464 g/mol. The van der Waals surface area contributed by atoms with Gasteiger partial charge in [0.1, 0.15) is 22.3 Å². The number of aryl methyl sites for hydroxylation is 2. The maximum absolute atomic E-state index is 11.6. The summed E-state index contributed by atoms with van der Waals surface area (Å²) in [5.74, 6) is 1.77. The number of aromatic nitrogens is 2. The molecule has 1 N–H and O–H groups in total. The number of hydrogen-bond acceptors (Lipinski definition) is 6. The van der Waals surface area contributed by atoms with Gasteiger partial charge in [-0.3, -0.25) is 4.79 Å². The Balaban J connectivity index is 1.63. The molecule has 1 atom stereocenters. The lowest BCUT2D eigenvalue weighted by Crippen LogP contribution is -2.47. The third-order valence-corrected chi connectivity index (χ3v) is 7.00. The van der Waals surface area contributed by atoms with E-state index in [2.05, 4.69) is 28.3 Å². The molecule has 0 saturated heterocycles. The van der Waals surface area contributed by atoms with Crippen molar-refractivity contribution in [2.24, 2.45) is 0 Å². The van der Waals surface area contributed by atoms with Gasteiger partial charge in [0.2, 0.25) is 0 Å². The van der Waals surface area contributed by atoms with Gasteiger partial charge < -0.3 is 14.8 Å². The van der Waals surface area contributed by atoms with Crippen molar-refractivity contribution in [1.82, 2.24) is 9.97 Å². The zero-order chi connectivity index (χ0) is 24.1. The Labute approximate surface area is 199 Å². The number of hydrogen-bond donors (Lipinski definition) is 1. The fourth-order valence-corrected chi connectivity index (χ4v) is 4.69. The summed E-state index contributed by atoms with van der Waals surface area (Å²) in [6.45, 7) is 13.4. The van der Waals surface area contributed by atoms with Crippen LogP contribution in [0.3, 0.4) is 0 Å². The molecule has 3 heterocycles. The highest BCUT2D eigenvalue weighted by molar-refractivity contribution is 7.80. The lowest BCUT2D eigenvalue weighted by molar-refractivity contribution is -0.132. The van der Waals surface area contributed by atoms with Gasteiger partial charge in [-0.15, -0.1) is 0 Å². The summed E-state index contributed by atoms with van der Waals surface area (Å²) in [5, 5.41) is 4.31. The van der Waals surface area contributed by atoms with Gasteiger partial charge >= 0.3 is 5.97 Å². The highest BCUT2D eigenvalue weighted by atomic mass is 32.1. The first kappa shape index (κ1) is 23.1. The van der Waals surface area contributed by atoms with Gasteiger partial charge in [-0.05, 0) is 94.8 Å². The number of carbonyl (C=O) groups excluding carboxylic acids is 1. The number of nitrogens with one attached hydrogen (secondary N) is 1. The number of ether oxygens (including phenoxy) is 2. The molecule has 0 amide bonds. The van der Waals surface area contributed by atoms with E-state index in [-0.39, 0.29) is 5.97 Å². The zero-order valence-corrected chi connectivity index (χ0v) is 21.0. The van der Waals surface area contributed by atoms with Crippen LogP contribution in [0.2, 0.25) is 0 Å². The summed E-state index contributed by atoms with van der Waals surface area (Å²) in [7, 11) is 0. The third-order valence-electron chi connectivity index (χ3n) is 6.47. The van der Waals surface area contributed by atoms with Crippen LogP contribution in [-0.4, -0.2) is 26.5 Å². The Bertz CT molecular complexity index is 1320. The standard InChI is InChI=1S/C26H29N3O3S/c1-13-12-14(2)27-24-19(13)8-9-21(28-24)29-25(33)26(7)11-10-20-17(5)22(31-18(6)30)15(3)16(4)23(20)32-26/h8-9,12H,10-11H2,1-7H3,(H,27,28,29,33). The molecule has 0 saturated carbocycles. The van der Waals surface area contributed by atoms with Gasteiger partial charge in [-0.1, -0.05) is 12.2 Å². The first-order valence-corrected chi connectivity index (χ1v) is 11.5. The molecule has 0 spiro atoms. The number of carbonyl (C=O) groups is 1. The van der Waals surface area contributed by atoms with E-state index >= 15 is 0 Å². The highest BCUT2D eigenvalue weighted by Gasteiger charge is 2.38. The fourth-order valence-electron chi connectivity index (χ4n) is 4.44. The van der Waals surface area contributed by atoms with Crippen LogP contribution in [0.4, 0.5) is 5.82 Å². The second-order valence-corrected chi connectivity index (χ2v) is 9.45. The molecule has 1 aromatic carbocycles. The van der Waals surface area contributed by atoms with Crippen LogP contribution in [0, 0.1) is 34.6 Å². The lowest BCUT2D eigenvalue weighted by Gasteiger charge is -2.38. The zero-order valence-electron chi connectivity index (χ0n) is 20.2. The van der Waals surface area contributed by atoms with Crippen LogP contribution in [0.25, 0.3) is 11.0 Å². The highest BCUT2D eigenvalue weighted by Crippen LogP contribution is 2.44. The summed E-state index contributed by atoms with van der Waals surface area (Å²) < 4.78 is 12.1. The summed E-state index contributed by atoms with van der Waals surface area (Å²) >= 11 is 5.80. The number of pyridine rings is 2. The molecule has 172 valence electrons. The number of esters is 1. The number of rotatable bonds is 3. The van der Waals surface area contributed by atoms with Crippen LogP contribution in [0.1, 0.15) is 53.8 Å². The van der Waals surface area contributed by atoms with E-state index in [9.17, 15) is 4.79 Å². The summed E-state index contributed by atoms with van der Waals surface area (Å²) in [6.07, 6.45) is 1.46. The van der Waals surface area contributed by atoms with Gasteiger partial charge in [0, 0.05) is 23.6 Å². The number of fused-ring (bicyclic) bond motifs is 2. The molecule has 4 rings (SSSR count). The van der Waals surface area contributed by atoms with Crippen LogP contribution >= 0.6 is 12.2 Å². The van der Waals surface area contributed by atoms with E-state index in [1.54, 1.807) is 0 Å². The Hall–Kier alpha value is -3.06. The van der Waals surface area contributed by atoms with Gasteiger partial charge in [0.05, 0.1) is 0 Å². The molecule has 6 nitrogen and oxygen atoms in total. The van der Waals surface area contributed by atoms with Gasteiger partial charge in [0.25, 0.3) is 0 Å². The fraction of sp³-hybridized carbons (Fsp3) is 0.385. The molecule has 1 aliphatic heterocycles. The van der Waals surface area contributed by atoms with Gasteiger partial charge in [-0.25, -0.2) is 9.97 Å². The van der Waals surface area contributed by atoms with Crippen LogP contribution in [0.15, 0.2) is 18.2 Å². The molecule has 1 unspecified atom stereocenters. The molecule has 0 aliphatic carbocycles. The summed E-state index contributed by atoms with van der Waals surface area (Å²) in [4.78, 5) is 21.4. The minimum atomic E-state index is -0.693. The summed E-state index contributed by atoms with van der Waals surface area (Å²) in [5.41, 5.74) is 5.94. The van der Waals surface area contributed by atoms with Crippen molar-refractivity contribution in [1.29, 1.82) is 0 Å². The monoisotopic (exact) mass is 463 g/mol. The molecular weight excluding hydrogens is 434 g/mol. The van der Waals surface area contributed by atoms with E-state index in [1.807, 2.05) is 46.8 Å². The van der Waals surface area contributed by atoms with E-state index < -0.39 is 5.60 Å². The van der Waals surface area contributed by atoms with Crippen LogP contribution in [0.5, 0.6) is 11.5 Å². The van der Waals surface area contributed by atoms with E-state index in [0.717, 1.165) is 51.1 Å². The lowest BCUT2D eigenvalue weighted by atomic mass is 9.87. The van der Waals surface area contributed by atoms with Crippen LogP contribution in [-0.2, 0) is 11.2 Å². The predicted octanol–water partition coefficient (Wildman–Crippen LogP) is 5.62. The number of thiocarbonyl (C=S) groups is 1. The number of benzene rings is 1. The molecule has 0 fully saturated rings. The second kappa shape index (κ2) is 8.37. The first-order chi connectivity index (χ1) is 15.5. The molecular formula is C26H29N3O3S. The van der Waals surface area contributed by atoms with E-state index in [4.69, 9.17) is 21.7 Å². The molecule has 7 heteroatoms. The Morgan fingerprint density at radius 3 is 2.55 bits per heavy atom. The molecule has 2 aromatic heterocycles. The topological polar surface area (TPSA) is 73.3 Å². The quantitative estimate of drug-likeness (QED) is 0.307. The minimum absolute atomic E-state index is 0.324. The summed E-state index contributed by atoms with van der Waals surface area (Å²) in [6, 6.07) is 5.99. The normalized spacial score (nSPS) is 17.3. The van der Waals surface area contributed by atoms with Gasteiger partial charge in [0.15, 0.2) is 11.2 Å². The molecule has 33 heavy (non-hydrogen) atoms. The molecule has 3 aromatic rings. The second-order valence-electron chi connectivity index (χ2n) is 9.04. The Kier molecular flexibility index (Phi) is 5.86. The molecule has 1 aliphatic rings. The van der Waals surface area contributed by atoms with Crippen molar-refractivity contribution < 1.29 is 14.3 Å². The maximum Gasteiger partial charge on any atom is 0.308 e. The van der Waals surface area contributed by atoms with Crippen molar-refractivity contribution >= 4 is 40.0 Å².